The number of ether oxygens (including phenoxy) is 1. The van der Waals surface area contributed by atoms with Crippen molar-refractivity contribution in [2.75, 3.05) is 28.7 Å². The summed E-state index contributed by atoms with van der Waals surface area (Å²) in [6, 6.07) is 9.09. The topological polar surface area (TPSA) is 137 Å². The van der Waals surface area contributed by atoms with Crippen LogP contribution in [0.2, 0.25) is 0 Å². The average molecular weight is 345 g/mol. The molecule has 3 rings (SSSR count). The Morgan fingerprint density at radius 1 is 1.32 bits per heavy atom. The number of hydrogen-bond acceptors (Lipinski definition) is 7. The van der Waals surface area contributed by atoms with Gasteiger partial charge in [0.05, 0.1) is 6.67 Å². The highest BCUT2D eigenvalue weighted by atomic mass is 16.5. The van der Waals surface area contributed by atoms with E-state index in [1.807, 2.05) is 18.2 Å². The smallest absolute Gasteiger partial charge is 0.414 e. The summed E-state index contributed by atoms with van der Waals surface area (Å²) in [6.07, 6.45) is -0.789. The molecule has 1 aromatic heterocycles. The van der Waals surface area contributed by atoms with Gasteiger partial charge in [-0.25, -0.2) is 4.79 Å². The maximum Gasteiger partial charge on any atom is 0.414 e. The molecular weight excluding hydrogens is 330 g/mol. The number of nitrogens with one attached hydrogen (secondary N) is 3. The number of benzene rings is 1. The maximum atomic E-state index is 12.0. The largest absolute Gasteiger partial charge is 0.480 e. The van der Waals surface area contributed by atoms with Gasteiger partial charge in [-0.2, -0.15) is 4.98 Å². The lowest BCUT2D eigenvalue weighted by Crippen LogP contribution is -2.30. The van der Waals surface area contributed by atoms with Crippen LogP contribution in [-0.2, 0) is 16.1 Å². The van der Waals surface area contributed by atoms with E-state index in [2.05, 4.69) is 20.6 Å². The van der Waals surface area contributed by atoms with E-state index < -0.39 is 17.6 Å². The normalized spacial score (nSPS) is 12.2. The third-order valence-corrected chi connectivity index (χ3v) is 3.41. The van der Waals surface area contributed by atoms with Gasteiger partial charge in [0.15, 0.2) is 5.82 Å². The Hall–Kier alpha value is -3.56. The van der Waals surface area contributed by atoms with Crippen LogP contribution in [0.3, 0.4) is 0 Å². The Kier molecular flexibility index (Phi) is 4.50. The van der Waals surface area contributed by atoms with Crippen molar-refractivity contribution in [3.8, 4) is 0 Å². The van der Waals surface area contributed by atoms with Crippen molar-refractivity contribution in [3.05, 3.63) is 46.2 Å². The van der Waals surface area contributed by atoms with Gasteiger partial charge in [-0.3, -0.25) is 19.9 Å². The van der Waals surface area contributed by atoms with Crippen molar-refractivity contribution in [3.63, 3.8) is 0 Å². The van der Waals surface area contributed by atoms with E-state index in [9.17, 15) is 14.4 Å². The third-order valence-electron chi connectivity index (χ3n) is 3.41. The van der Waals surface area contributed by atoms with Crippen molar-refractivity contribution in [1.82, 2.24) is 9.97 Å². The number of rotatable bonds is 5. The van der Waals surface area contributed by atoms with Crippen LogP contribution in [0, 0.1) is 0 Å². The molecule has 2 heterocycles. The summed E-state index contributed by atoms with van der Waals surface area (Å²) in [6.45, 7) is -0.123. The van der Waals surface area contributed by atoms with E-state index in [-0.39, 0.29) is 37.3 Å². The molecule has 0 atom stereocenters. The second kappa shape index (κ2) is 6.91. The Morgan fingerprint density at radius 2 is 2.08 bits per heavy atom. The van der Waals surface area contributed by atoms with E-state index in [0.29, 0.717) is 0 Å². The zero-order chi connectivity index (χ0) is 17.8. The van der Waals surface area contributed by atoms with Crippen LogP contribution in [0.4, 0.5) is 22.2 Å². The lowest BCUT2D eigenvalue weighted by Gasteiger charge is -2.14. The fraction of sp³-hybridized carbons (Fsp3) is 0.200. The number of anilines is 3. The highest BCUT2D eigenvalue weighted by Gasteiger charge is 2.26. The molecule has 0 saturated heterocycles. The van der Waals surface area contributed by atoms with Gasteiger partial charge < -0.3 is 20.1 Å². The van der Waals surface area contributed by atoms with Gasteiger partial charge >= 0.3 is 12.1 Å². The first-order valence-corrected chi connectivity index (χ1v) is 7.35. The molecule has 0 saturated carbocycles. The van der Waals surface area contributed by atoms with Crippen LogP contribution in [0.5, 0.6) is 0 Å². The summed E-state index contributed by atoms with van der Waals surface area (Å²) in [7, 11) is 0. The number of aliphatic carboxylic acids is 1. The zero-order valence-electron chi connectivity index (χ0n) is 13.0. The molecule has 0 fully saturated rings. The van der Waals surface area contributed by atoms with Crippen LogP contribution in [0.25, 0.3) is 0 Å². The van der Waals surface area contributed by atoms with Crippen LogP contribution >= 0.6 is 0 Å². The van der Waals surface area contributed by atoms with E-state index in [4.69, 9.17) is 9.84 Å². The maximum absolute atomic E-state index is 12.0. The molecule has 1 aliphatic heterocycles. The summed E-state index contributed by atoms with van der Waals surface area (Å²) < 4.78 is 5.05. The van der Waals surface area contributed by atoms with Crippen LogP contribution in [0.1, 0.15) is 5.56 Å². The second-order valence-corrected chi connectivity index (χ2v) is 5.23. The molecule has 130 valence electrons. The molecule has 0 unspecified atom stereocenters. The number of aromatic nitrogens is 2. The molecule has 0 bridgehead atoms. The minimum absolute atomic E-state index is 0.0640. The van der Waals surface area contributed by atoms with E-state index in [1.165, 1.54) is 4.90 Å². The number of carboxylic acid groups (broad SMARTS) is 1. The first-order chi connectivity index (χ1) is 12.0. The molecule has 1 aliphatic rings. The van der Waals surface area contributed by atoms with Gasteiger partial charge in [0.2, 0.25) is 5.95 Å². The second-order valence-electron chi connectivity index (χ2n) is 5.23. The first kappa shape index (κ1) is 16.3. The summed E-state index contributed by atoms with van der Waals surface area (Å²) in [5, 5.41) is 14.0. The summed E-state index contributed by atoms with van der Waals surface area (Å²) in [4.78, 5) is 42.5. The number of aromatic amines is 1. The number of hydrogen-bond donors (Lipinski definition) is 4. The molecule has 0 radical (unpaired) electrons. The minimum Gasteiger partial charge on any atom is -0.480 e. The van der Waals surface area contributed by atoms with Crippen LogP contribution < -0.4 is 21.1 Å². The van der Waals surface area contributed by atoms with Gasteiger partial charge in [0.1, 0.15) is 18.8 Å². The molecule has 10 nitrogen and oxygen atoms in total. The summed E-state index contributed by atoms with van der Waals surface area (Å²) in [5.41, 5.74) is 0.450. The SMILES string of the molecule is O=C(O)CN1CNc2c1nc(NC(=O)OCc1ccccc1)[nH]c2=O. The van der Waals surface area contributed by atoms with Crippen molar-refractivity contribution in [1.29, 1.82) is 0 Å². The lowest BCUT2D eigenvalue weighted by atomic mass is 10.2. The number of H-pyrrole nitrogens is 1. The predicted octanol–water partition coefficient (Wildman–Crippen LogP) is 0.793. The van der Waals surface area contributed by atoms with Gasteiger partial charge in [-0.15, -0.1) is 0 Å². The number of fused-ring (bicyclic) bond motifs is 1. The van der Waals surface area contributed by atoms with Crippen LogP contribution in [-0.4, -0.2) is 40.4 Å². The standard InChI is InChI=1S/C15H15N5O5/c21-10(22)6-20-8-16-11-12(20)17-14(18-13(11)23)19-15(24)25-7-9-4-2-1-3-5-9/h1-5,16H,6-8H2,(H,21,22)(H2,17,18,19,23,24). The monoisotopic (exact) mass is 345 g/mol. The Balaban J connectivity index is 1.69. The quantitative estimate of drug-likeness (QED) is 0.624. The third kappa shape index (κ3) is 3.86. The fourth-order valence-corrected chi connectivity index (χ4v) is 2.31. The van der Waals surface area contributed by atoms with Crippen molar-refractivity contribution in [2.24, 2.45) is 0 Å². The number of carbonyl (C=O) groups excluding carboxylic acids is 1. The lowest BCUT2D eigenvalue weighted by molar-refractivity contribution is -0.135. The molecule has 10 heteroatoms. The number of amides is 1. The molecule has 25 heavy (non-hydrogen) atoms. The Bertz CT molecular complexity index is 851. The zero-order valence-corrected chi connectivity index (χ0v) is 13.0. The predicted molar refractivity (Wildman–Crippen MR) is 88.6 cm³/mol. The van der Waals surface area contributed by atoms with Gasteiger partial charge in [-0.1, -0.05) is 30.3 Å². The number of carboxylic acids is 1. The fourth-order valence-electron chi connectivity index (χ4n) is 2.31. The van der Waals surface area contributed by atoms with E-state index in [1.54, 1.807) is 12.1 Å². The first-order valence-electron chi connectivity index (χ1n) is 7.35. The Labute approximate surface area is 141 Å². The van der Waals surface area contributed by atoms with E-state index in [0.717, 1.165) is 5.56 Å². The van der Waals surface area contributed by atoms with Crippen molar-refractivity contribution < 1.29 is 19.4 Å². The number of nitrogens with zero attached hydrogens (tertiary/aromatic N) is 2. The molecule has 2 aromatic rings. The number of carbonyl (C=O) groups is 2. The van der Waals surface area contributed by atoms with E-state index >= 15 is 0 Å². The Morgan fingerprint density at radius 3 is 2.80 bits per heavy atom. The van der Waals surface area contributed by atoms with Gasteiger partial charge in [-0.05, 0) is 5.56 Å². The average Bonchev–Trinajstić information content (AvgIpc) is 2.97. The highest BCUT2D eigenvalue weighted by Crippen LogP contribution is 2.25. The molecular formula is C15H15N5O5. The van der Waals surface area contributed by atoms with Gasteiger partial charge in [0, 0.05) is 0 Å². The van der Waals surface area contributed by atoms with Crippen LogP contribution in [0.15, 0.2) is 35.1 Å². The minimum atomic E-state index is -1.06. The molecule has 0 spiro atoms. The van der Waals surface area contributed by atoms with Crippen molar-refractivity contribution in [2.45, 2.75) is 6.61 Å². The highest BCUT2D eigenvalue weighted by molar-refractivity contribution is 5.84. The molecule has 4 N–H and O–H groups in total. The molecule has 0 aliphatic carbocycles. The molecule has 1 aromatic carbocycles. The summed E-state index contributed by atoms with van der Waals surface area (Å²) in [5.74, 6) is -1.03. The summed E-state index contributed by atoms with van der Waals surface area (Å²) >= 11 is 0. The van der Waals surface area contributed by atoms with Gasteiger partial charge in [0.25, 0.3) is 5.56 Å². The molecule has 1 amide bonds. The van der Waals surface area contributed by atoms with Crippen molar-refractivity contribution >= 4 is 29.5 Å².